The molecule has 0 radical (unpaired) electrons. The van der Waals surface area contributed by atoms with Gasteiger partial charge < -0.3 is 29.2 Å². The molecule has 0 aliphatic heterocycles. The molecule has 0 saturated heterocycles. The van der Waals surface area contributed by atoms with Crippen molar-refractivity contribution in [3.8, 4) is 0 Å². The van der Waals surface area contributed by atoms with Crippen LogP contribution in [0.1, 0.15) is 77.6 Å². The van der Waals surface area contributed by atoms with Gasteiger partial charge in [0.05, 0.1) is 16.6 Å². The predicted molar refractivity (Wildman–Crippen MR) is 128 cm³/mol. The summed E-state index contributed by atoms with van der Waals surface area (Å²) in [7, 11) is 0. The maximum atomic E-state index is 13.3. The number of halogens is 2. The monoisotopic (exact) mass is 570 g/mol. The molecule has 0 aromatic rings. The summed E-state index contributed by atoms with van der Waals surface area (Å²) in [5, 5.41) is 21.8. The van der Waals surface area contributed by atoms with Gasteiger partial charge in [-0.25, -0.2) is 14.4 Å². The van der Waals surface area contributed by atoms with Crippen molar-refractivity contribution in [2.75, 3.05) is 13.2 Å². The molecule has 8 aliphatic rings. The van der Waals surface area contributed by atoms with Crippen LogP contribution in [0.2, 0.25) is 0 Å². The van der Waals surface area contributed by atoms with E-state index in [1.165, 1.54) is 0 Å². The fraction of sp³-hybridized carbons (Fsp3) is 0.857. The smallest absolute Gasteiger partial charge is 0.377 e. The van der Waals surface area contributed by atoms with Crippen molar-refractivity contribution >= 4 is 23.9 Å². The molecule has 0 spiro atoms. The number of carbonyl (C=O) groups is 4. The van der Waals surface area contributed by atoms with Gasteiger partial charge in [0.15, 0.2) is 13.2 Å². The summed E-state index contributed by atoms with van der Waals surface area (Å²) in [6.45, 7) is -1.09. The molecule has 8 fully saturated rings. The topological polar surface area (TPSA) is 146 Å². The van der Waals surface area contributed by atoms with E-state index in [9.17, 15) is 38.2 Å². The Kier molecular flexibility index (Phi) is 6.31. The molecule has 2 N–H and O–H groups in total. The zero-order chi connectivity index (χ0) is 28.7. The van der Waals surface area contributed by atoms with E-state index in [2.05, 4.69) is 4.74 Å². The number of carbonyl (C=O) groups excluding carboxylic acids is 4. The van der Waals surface area contributed by atoms with Crippen molar-refractivity contribution in [2.24, 2.45) is 29.1 Å². The first-order valence-electron chi connectivity index (χ1n) is 14.2. The van der Waals surface area contributed by atoms with Crippen LogP contribution in [0.4, 0.5) is 8.78 Å². The number of esters is 4. The number of alkyl halides is 2. The zero-order valence-electron chi connectivity index (χ0n) is 22.5. The minimum atomic E-state index is -3.71. The summed E-state index contributed by atoms with van der Waals surface area (Å²) in [5.41, 5.74) is -3.85. The fourth-order valence-corrected chi connectivity index (χ4v) is 9.77. The zero-order valence-corrected chi connectivity index (χ0v) is 22.5. The van der Waals surface area contributed by atoms with Crippen LogP contribution in [0.15, 0.2) is 0 Å². The Labute approximate surface area is 230 Å². The van der Waals surface area contributed by atoms with Crippen molar-refractivity contribution in [3.05, 3.63) is 0 Å². The maximum Gasteiger partial charge on any atom is 0.377 e. The average molecular weight is 571 g/mol. The van der Waals surface area contributed by atoms with Crippen molar-refractivity contribution < 1.29 is 57.1 Å². The van der Waals surface area contributed by atoms with E-state index in [0.717, 1.165) is 12.8 Å². The summed E-state index contributed by atoms with van der Waals surface area (Å²) in [5.74, 6) is -7.57. The van der Waals surface area contributed by atoms with Crippen LogP contribution in [0.25, 0.3) is 0 Å². The van der Waals surface area contributed by atoms with Gasteiger partial charge in [-0.05, 0) is 75.0 Å². The molecule has 0 aromatic carbocycles. The quantitative estimate of drug-likeness (QED) is 0.329. The molecule has 40 heavy (non-hydrogen) atoms. The Bertz CT molecular complexity index is 1080. The maximum absolute atomic E-state index is 13.3. The van der Waals surface area contributed by atoms with E-state index in [1.54, 1.807) is 0 Å². The molecule has 4 unspecified atom stereocenters. The van der Waals surface area contributed by atoms with E-state index in [0.29, 0.717) is 45.4 Å². The summed E-state index contributed by atoms with van der Waals surface area (Å²) in [6, 6.07) is 0. The molecule has 222 valence electrons. The van der Waals surface area contributed by atoms with Gasteiger partial charge in [0, 0.05) is 26.2 Å². The molecular formula is C28H36F2O10. The fourth-order valence-electron chi connectivity index (χ4n) is 9.77. The van der Waals surface area contributed by atoms with Crippen LogP contribution < -0.4 is 0 Å². The molecular weight excluding hydrogens is 534 g/mol. The van der Waals surface area contributed by atoms with Crippen molar-refractivity contribution in [1.82, 2.24) is 0 Å². The Morgan fingerprint density at radius 2 is 1.40 bits per heavy atom. The number of ether oxygens (including phenoxy) is 4. The molecule has 8 aliphatic carbocycles. The summed E-state index contributed by atoms with van der Waals surface area (Å²) in [6.07, 6.45) is 4.99. The van der Waals surface area contributed by atoms with Gasteiger partial charge in [0.1, 0.15) is 11.7 Å². The Balaban J connectivity index is 1.03. The Morgan fingerprint density at radius 1 is 0.800 bits per heavy atom. The summed E-state index contributed by atoms with van der Waals surface area (Å²) in [4.78, 5) is 49.6. The van der Waals surface area contributed by atoms with Gasteiger partial charge >= 0.3 is 29.8 Å². The van der Waals surface area contributed by atoms with Crippen LogP contribution in [-0.4, -0.2) is 76.1 Å². The Morgan fingerprint density at radius 3 is 1.98 bits per heavy atom. The van der Waals surface area contributed by atoms with Crippen LogP contribution >= 0.6 is 0 Å². The highest BCUT2D eigenvalue weighted by molar-refractivity contribution is 5.82. The minimum absolute atomic E-state index is 0.0790. The molecule has 12 heteroatoms. The second kappa shape index (κ2) is 9.08. The standard InChI is InChI=1S/C28H36F2O10/c1-24(29,30)22(33)37-10-19(31)39-21-17-2-15-3-18(21)9-25(4-15,8-17)23(34)38-11-20(32)40-28-7-16-5-26(35,13-28)12-27(36,6-16)14-28/h15-18,21,35-36H,2-14H2,1H3. The molecule has 0 amide bonds. The Hall–Kier alpha value is -2.34. The van der Waals surface area contributed by atoms with Gasteiger partial charge in [-0.15, -0.1) is 0 Å². The van der Waals surface area contributed by atoms with Crippen LogP contribution in [0, 0.1) is 29.1 Å². The lowest BCUT2D eigenvalue weighted by molar-refractivity contribution is -0.262. The molecule has 4 atom stereocenters. The normalized spacial score (nSPS) is 44.3. The predicted octanol–water partition coefficient (Wildman–Crippen LogP) is 2.21. The highest BCUT2D eigenvalue weighted by Crippen LogP contribution is 2.62. The molecule has 8 rings (SSSR count). The van der Waals surface area contributed by atoms with E-state index in [4.69, 9.17) is 14.2 Å². The van der Waals surface area contributed by atoms with E-state index < -0.39 is 71.3 Å². The largest absolute Gasteiger partial charge is 0.459 e. The molecule has 0 heterocycles. The third kappa shape index (κ3) is 4.99. The third-order valence-corrected chi connectivity index (χ3v) is 10.2. The van der Waals surface area contributed by atoms with Crippen molar-refractivity contribution in [2.45, 2.75) is 106 Å². The van der Waals surface area contributed by atoms with Crippen LogP contribution in [0.5, 0.6) is 0 Å². The first-order chi connectivity index (χ1) is 18.6. The number of hydrogen-bond donors (Lipinski definition) is 2. The number of hydrogen-bond acceptors (Lipinski definition) is 10. The van der Waals surface area contributed by atoms with Crippen LogP contribution in [-0.2, 0) is 38.1 Å². The van der Waals surface area contributed by atoms with Gasteiger partial charge in [-0.2, -0.15) is 8.78 Å². The lowest BCUT2D eigenvalue weighted by Crippen LogP contribution is -2.67. The van der Waals surface area contributed by atoms with Crippen LogP contribution in [0.3, 0.4) is 0 Å². The highest BCUT2D eigenvalue weighted by atomic mass is 19.3. The average Bonchev–Trinajstić information content (AvgIpc) is 2.79. The van der Waals surface area contributed by atoms with Gasteiger partial charge in [0.25, 0.3) is 0 Å². The van der Waals surface area contributed by atoms with Gasteiger partial charge in [-0.1, -0.05) is 0 Å². The first kappa shape index (κ1) is 27.8. The van der Waals surface area contributed by atoms with Crippen molar-refractivity contribution in [3.63, 3.8) is 0 Å². The summed E-state index contributed by atoms with van der Waals surface area (Å²) < 4.78 is 47.2. The SMILES string of the molecule is CC(F)(F)C(=O)OCC(=O)OC1C2CC3CC1CC(C(=O)OCC(=O)OC14CC5CC(O)(CC(O)(C5)C1)C4)(C3)C2. The number of aliphatic hydroxyl groups is 2. The molecule has 10 nitrogen and oxygen atoms in total. The summed E-state index contributed by atoms with van der Waals surface area (Å²) >= 11 is 0. The lowest BCUT2D eigenvalue weighted by atomic mass is 9.48. The molecule has 8 saturated carbocycles. The second-order valence-electron chi connectivity index (χ2n) is 13.9. The minimum Gasteiger partial charge on any atom is -0.459 e. The number of rotatable bonds is 8. The highest BCUT2D eigenvalue weighted by Gasteiger charge is 2.65. The lowest BCUT2D eigenvalue weighted by Gasteiger charge is -2.62. The van der Waals surface area contributed by atoms with Crippen molar-refractivity contribution in [1.29, 1.82) is 0 Å². The van der Waals surface area contributed by atoms with Gasteiger partial charge in [0.2, 0.25) is 0 Å². The first-order valence-corrected chi connectivity index (χ1v) is 14.2. The van der Waals surface area contributed by atoms with E-state index >= 15 is 0 Å². The third-order valence-electron chi connectivity index (χ3n) is 10.2. The second-order valence-corrected chi connectivity index (χ2v) is 13.9. The molecule has 0 aromatic heterocycles. The molecule has 8 bridgehead atoms. The van der Waals surface area contributed by atoms with E-state index in [-0.39, 0.29) is 42.9 Å². The van der Waals surface area contributed by atoms with E-state index in [1.807, 2.05) is 0 Å². The van der Waals surface area contributed by atoms with Gasteiger partial charge in [-0.3, -0.25) is 4.79 Å².